The number of imidazole rings is 1. The molecular weight excluding hydrogens is 493 g/mol. The number of rotatable bonds is 15. The maximum absolute atomic E-state index is 12.9. The molecule has 4 N–H and O–H groups in total. The number of carbonyl (C=O) groups is 3. The Bertz CT molecular complexity index is 932. The molecule has 2 aromatic rings. The van der Waals surface area contributed by atoms with Crippen molar-refractivity contribution in [2.45, 2.75) is 45.2 Å². The van der Waals surface area contributed by atoms with E-state index in [2.05, 4.69) is 25.5 Å². The van der Waals surface area contributed by atoms with Gasteiger partial charge in [0.15, 0.2) is 0 Å². The van der Waals surface area contributed by atoms with Crippen LogP contribution in [0.1, 0.15) is 31.5 Å². The van der Waals surface area contributed by atoms with Crippen LogP contribution in [0.4, 0.5) is 5.69 Å². The lowest BCUT2D eigenvalue weighted by Crippen LogP contribution is -2.53. The number of aromatic amines is 1. The number of aliphatic carboxylic acids is 1. The number of H-pyrrole nitrogens is 1. The van der Waals surface area contributed by atoms with Gasteiger partial charge in [-0.3, -0.25) is 9.59 Å². The fourth-order valence-corrected chi connectivity index (χ4v) is 4.03. The van der Waals surface area contributed by atoms with E-state index in [4.69, 9.17) is 23.2 Å². The number of benzene rings is 1. The van der Waals surface area contributed by atoms with Crippen LogP contribution >= 0.6 is 23.2 Å². The smallest absolute Gasteiger partial charge is 0.326 e. The maximum Gasteiger partial charge on any atom is 0.326 e. The zero-order valence-electron chi connectivity index (χ0n) is 20.0. The van der Waals surface area contributed by atoms with E-state index in [0.717, 1.165) is 11.3 Å². The average molecular weight is 526 g/mol. The maximum atomic E-state index is 12.9. The quantitative estimate of drug-likeness (QED) is 0.264. The third-order valence-electron chi connectivity index (χ3n) is 5.33. The summed E-state index contributed by atoms with van der Waals surface area (Å²) in [7, 11) is 0. The molecule has 0 unspecified atom stereocenters. The standard InChI is InChI=1S/C24H33Cl2N5O4/c1-16(2)11-21(24(34)35)30-23(33)20(13-18-14-27-15-28-18)29-22(32)12-17-3-5-19(6-4-17)31(9-7-25)10-8-26/h3-6,14-16,20-21H,7-13H2,1-2H3,(H,27,28)(H,29,32)(H,30,33)(H,34,35)/t20-,21-/m0/s1. The molecule has 2 atom stereocenters. The van der Waals surface area contributed by atoms with E-state index in [1.54, 1.807) is 6.20 Å². The molecule has 0 saturated heterocycles. The fraction of sp³-hybridized carbons (Fsp3) is 0.500. The molecule has 0 saturated carbocycles. The van der Waals surface area contributed by atoms with Gasteiger partial charge in [-0.25, -0.2) is 9.78 Å². The third-order valence-corrected chi connectivity index (χ3v) is 5.67. The van der Waals surface area contributed by atoms with Gasteiger partial charge in [0.1, 0.15) is 12.1 Å². The Morgan fingerprint density at radius 2 is 1.71 bits per heavy atom. The molecule has 0 spiro atoms. The third kappa shape index (κ3) is 9.78. The number of carbonyl (C=O) groups excluding carboxylic acids is 2. The summed E-state index contributed by atoms with van der Waals surface area (Å²) in [6, 6.07) is 5.49. The molecule has 0 radical (unpaired) electrons. The molecule has 2 rings (SSSR count). The Kier molecular flexibility index (Phi) is 11.9. The van der Waals surface area contributed by atoms with Gasteiger partial charge in [0, 0.05) is 48.8 Å². The summed E-state index contributed by atoms with van der Waals surface area (Å²) in [4.78, 5) is 46.3. The average Bonchev–Trinajstić information content (AvgIpc) is 3.31. The van der Waals surface area contributed by atoms with Gasteiger partial charge in [-0.1, -0.05) is 26.0 Å². The molecule has 1 aromatic heterocycles. The van der Waals surface area contributed by atoms with Gasteiger partial charge in [0.05, 0.1) is 12.7 Å². The molecule has 9 nitrogen and oxygen atoms in total. The van der Waals surface area contributed by atoms with Gasteiger partial charge in [0.2, 0.25) is 11.8 Å². The van der Waals surface area contributed by atoms with Crippen molar-refractivity contribution in [2.24, 2.45) is 5.92 Å². The number of hydrogen-bond donors (Lipinski definition) is 4. The summed E-state index contributed by atoms with van der Waals surface area (Å²) in [6.07, 6.45) is 3.52. The topological polar surface area (TPSA) is 127 Å². The second-order valence-electron chi connectivity index (χ2n) is 8.64. The summed E-state index contributed by atoms with van der Waals surface area (Å²) in [6.45, 7) is 5.07. The van der Waals surface area contributed by atoms with E-state index in [-0.39, 0.29) is 31.1 Å². The largest absolute Gasteiger partial charge is 0.480 e. The molecular formula is C24H33Cl2N5O4. The lowest BCUT2D eigenvalue weighted by Gasteiger charge is -2.23. The van der Waals surface area contributed by atoms with E-state index >= 15 is 0 Å². The Labute approximate surface area is 215 Å². The second kappa shape index (κ2) is 14.6. The number of carboxylic acid groups (broad SMARTS) is 1. The number of anilines is 1. The number of alkyl halides is 2. The van der Waals surface area contributed by atoms with Crippen LogP contribution in [0.2, 0.25) is 0 Å². The van der Waals surface area contributed by atoms with Crippen LogP contribution in [0.25, 0.3) is 0 Å². The van der Waals surface area contributed by atoms with Crippen LogP contribution in [-0.2, 0) is 27.2 Å². The Balaban J connectivity index is 2.07. The van der Waals surface area contributed by atoms with E-state index in [1.165, 1.54) is 6.33 Å². The normalized spacial score (nSPS) is 12.7. The highest BCUT2D eigenvalue weighted by Gasteiger charge is 2.27. The molecule has 0 aliphatic carbocycles. The molecule has 1 aromatic carbocycles. The molecule has 0 fully saturated rings. The lowest BCUT2D eigenvalue weighted by atomic mass is 10.0. The van der Waals surface area contributed by atoms with Crippen molar-refractivity contribution in [3.8, 4) is 0 Å². The number of hydrogen-bond acceptors (Lipinski definition) is 5. The predicted molar refractivity (Wildman–Crippen MR) is 137 cm³/mol. The number of carboxylic acids is 1. The number of aromatic nitrogens is 2. The molecule has 35 heavy (non-hydrogen) atoms. The zero-order valence-corrected chi connectivity index (χ0v) is 21.5. The second-order valence-corrected chi connectivity index (χ2v) is 9.39. The van der Waals surface area contributed by atoms with Crippen molar-refractivity contribution in [1.82, 2.24) is 20.6 Å². The van der Waals surface area contributed by atoms with E-state index in [9.17, 15) is 19.5 Å². The molecule has 1 heterocycles. The number of nitrogens with one attached hydrogen (secondary N) is 3. The highest BCUT2D eigenvalue weighted by atomic mass is 35.5. The summed E-state index contributed by atoms with van der Waals surface area (Å²) >= 11 is 11.7. The van der Waals surface area contributed by atoms with Crippen LogP contribution in [0.3, 0.4) is 0 Å². The van der Waals surface area contributed by atoms with Gasteiger partial charge < -0.3 is 25.6 Å². The van der Waals surface area contributed by atoms with Crippen molar-refractivity contribution in [3.63, 3.8) is 0 Å². The minimum atomic E-state index is -1.11. The van der Waals surface area contributed by atoms with Crippen LogP contribution in [-0.4, -0.2) is 69.8 Å². The molecule has 11 heteroatoms. The van der Waals surface area contributed by atoms with Gasteiger partial charge in [-0.05, 0) is 30.0 Å². The van der Waals surface area contributed by atoms with Crippen LogP contribution < -0.4 is 15.5 Å². The highest BCUT2D eigenvalue weighted by Crippen LogP contribution is 2.16. The van der Waals surface area contributed by atoms with Gasteiger partial charge in [-0.2, -0.15) is 0 Å². The minimum absolute atomic E-state index is 0.0619. The van der Waals surface area contributed by atoms with Gasteiger partial charge in [0.25, 0.3) is 0 Å². The Morgan fingerprint density at radius 3 is 2.23 bits per heavy atom. The van der Waals surface area contributed by atoms with Crippen LogP contribution in [0.15, 0.2) is 36.8 Å². The fourth-order valence-electron chi connectivity index (χ4n) is 3.62. The van der Waals surface area contributed by atoms with E-state index in [0.29, 0.717) is 30.5 Å². The number of amides is 2. The van der Waals surface area contributed by atoms with Crippen LogP contribution in [0.5, 0.6) is 0 Å². The van der Waals surface area contributed by atoms with Gasteiger partial charge >= 0.3 is 5.97 Å². The first-order chi connectivity index (χ1) is 16.7. The summed E-state index contributed by atoms with van der Waals surface area (Å²) in [5, 5.41) is 14.8. The van der Waals surface area contributed by atoms with Crippen LogP contribution in [0, 0.1) is 5.92 Å². The highest BCUT2D eigenvalue weighted by molar-refractivity contribution is 6.18. The first-order valence-electron chi connectivity index (χ1n) is 11.5. The van der Waals surface area contributed by atoms with E-state index < -0.39 is 24.0 Å². The van der Waals surface area contributed by atoms with Crippen molar-refractivity contribution < 1.29 is 19.5 Å². The molecule has 0 aliphatic heterocycles. The van der Waals surface area contributed by atoms with Crippen molar-refractivity contribution in [3.05, 3.63) is 48.0 Å². The van der Waals surface area contributed by atoms with Gasteiger partial charge in [-0.15, -0.1) is 23.2 Å². The first kappa shape index (κ1) is 28.5. The number of halogens is 2. The van der Waals surface area contributed by atoms with Crippen molar-refractivity contribution in [2.75, 3.05) is 29.7 Å². The molecule has 192 valence electrons. The summed E-state index contributed by atoms with van der Waals surface area (Å²) in [5.74, 6) is -1.01. The predicted octanol–water partition coefficient (Wildman–Crippen LogP) is 2.58. The van der Waals surface area contributed by atoms with Crippen molar-refractivity contribution in [1.29, 1.82) is 0 Å². The molecule has 0 aliphatic rings. The SMILES string of the molecule is CC(C)C[C@H](NC(=O)[C@H](Cc1cnc[nH]1)NC(=O)Cc1ccc(N(CCCl)CCCl)cc1)C(=O)O. The first-order valence-corrected chi connectivity index (χ1v) is 12.6. The molecule has 0 bridgehead atoms. The Hall–Kier alpha value is -2.78. The van der Waals surface area contributed by atoms with Crippen molar-refractivity contribution >= 4 is 46.7 Å². The zero-order chi connectivity index (χ0) is 25.8. The summed E-state index contributed by atoms with van der Waals surface area (Å²) < 4.78 is 0. The van der Waals surface area contributed by atoms with E-state index in [1.807, 2.05) is 38.1 Å². The minimum Gasteiger partial charge on any atom is -0.480 e. The number of nitrogens with zero attached hydrogens (tertiary/aromatic N) is 2. The Morgan fingerprint density at radius 1 is 1.06 bits per heavy atom. The lowest BCUT2D eigenvalue weighted by molar-refractivity contribution is -0.142. The summed E-state index contributed by atoms with van der Waals surface area (Å²) in [5.41, 5.74) is 2.37. The molecule has 2 amide bonds. The monoisotopic (exact) mass is 525 g/mol.